The van der Waals surface area contributed by atoms with Crippen molar-refractivity contribution in [1.29, 1.82) is 0 Å². The minimum absolute atomic E-state index is 0.0815. The Kier molecular flexibility index (Phi) is 25.2. The molecule has 0 radical (unpaired) electrons. The molecule has 0 amide bonds. The van der Waals surface area contributed by atoms with Gasteiger partial charge in [-0.15, -0.1) is 0 Å². The highest BCUT2D eigenvalue weighted by molar-refractivity contribution is 14.1. The van der Waals surface area contributed by atoms with Crippen LogP contribution in [0.4, 0.5) is 10.2 Å². The van der Waals surface area contributed by atoms with Gasteiger partial charge in [-0.1, -0.05) is 53.7 Å². The van der Waals surface area contributed by atoms with Crippen molar-refractivity contribution in [3.8, 4) is 22.6 Å². The van der Waals surface area contributed by atoms with Gasteiger partial charge in [0.25, 0.3) is 0 Å². The number of nitrogens with zero attached hydrogens (tertiary/aromatic N) is 2. The monoisotopic (exact) mass is 757 g/mol. The van der Waals surface area contributed by atoms with E-state index in [0.29, 0.717) is 60.9 Å². The van der Waals surface area contributed by atoms with Gasteiger partial charge in [0, 0.05) is 32.9 Å². The molecule has 9 nitrogen and oxygen atoms in total. The molecular weight excluding hydrogens is 704 g/mol. The molecule has 0 aliphatic rings. The number of hydrogen-bond donors (Lipinski definition) is 2. The van der Waals surface area contributed by atoms with Crippen molar-refractivity contribution in [3.63, 3.8) is 0 Å². The van der Waals surface area contributed by atoms with Crippen LogP contribution in [-0.4, -0.2) is 67.2 Å². The van der Waals surface area contributed by atoms with Crippen LogP contribution in [0.3, 0.4) is 0 Å². The second-order valence-corrected chi connectivity index (χ2v) is 9.66. The normalized spacial score (nSPS) is 11.0. The van der Waals surface area contributed by atoms with Gasteiger partial charge in [0.05, 0.1) is 23.3 Å². The summed E-state index contributed by atoms with van der Waals surface area (Å²) in [6.07, 6.45) is 2.26. The van der Waals surface area contributed by atoms with Crippen LogP contribution in [0.1, 0.15) is 77.7 Å². The highest BCUT2D eigenvalue weighted by Gasteiger charge is 2.25. The number of carbonyl (C=O) groups is 2. The molecule has 1 heterocycles. The number of ether oxygens (including phenoxy) is 2. The van der Waals surface area contributed by atoms with Crippen molar-refractivity contribution in [2.45, 2.75) is 74.0 Å². The van der Waals surface area contributed by atoms with Gasteiger partial charge in [-0.2, -0.15) is 0 Å². The predicted octanol–water partition coefficient (Wildman–Crippen LogP) is 8.73. The number of nitrogens with one attached hydrogen (secondary N) is 1. The zero-order valence-electron chi connectivity index (χ0n) is 29.1. The van der Waals surface area contributed by atoms with E-state index in [-0.39, 0.29) is 11.6 Å². The van der Waals surface area contributed by atoms with Gasteiger partial charge in [0.15, 0.2) is 23.0 Å². The third-order valence-corrected chi connectivity index (χ3v) is 6.65. The van der Waals surface area contributed by atoms with Crippen molar-refractivity contribution in [2.24, 2.45) is 0 Å². The van der Waals surface area contributed by atoms with Gasteiger partial charge in [0.1, 0.15) is 29.9 Å². The lowest BCUT2D eigenvalue weighted by molar-refractivity contribution is -0.0980. The van der Waals surface area contributed by atoms with Crippen molar-refractivity contribution in [2.75, 3.05) is 39.2 Å². The molecule has 1 aromatic heterocycles. The Hall–Kier alpha value is -3.29. The molecule has 3 aromatic rings. The zero-order valence-corrected chi connectivity index (χ0v) is 31.2. The topological polar surface area (TPSA) is 110 Å². The van der Waals surface area contributed by atoms with Crippen LogP contribution in [0.15, 0.2) is 54.7 Å². The Morgan fingerprint density at radius 2 is 1.67 bits per heavy atom. The van der Waals surface area contributed by atoms with Gasteiger partial charge in [-0.25, -0.2) is 14.2 Å². The summed E-state index contributed by atoms with van der Waals surface area (Å²) in [7, 11) is 3.66. The summed E-state index contributed by atoms with van der Waals surface area (Å²) >= 11 is 1.56. The van der Waals surface area contributed by atoms with Crippen molar-refractivity contribution < 1.29 is 31.6 Å². The summed E-state index contributed by atoms with van der Waals surface area (Å²) < 4.78 is 29.8. The molecule has 3 rings (SSSR count). The first-order valence-electron chi connectivity index (χ1n) is 15.5. The Balaban J connectivity index is 0. The summed E-state index contributed by atoms with van der Waals surface area (Å²) in [5.41, 5.74) is 2.03. The smallest absolute Gasteiger partial charge is 0.347 e. The lowest BCUT2D eigenvalue weighted by atomic mass is 10.00. The number of phenolic OH excluding ortho intramolecular Hbond substituents is 1. The largest absolute Gasteiger partial charge is 0.507 e. The molecule has 0 bridgehead atoms. The number of rotatable bonds is 13. The molecule has 0 saturated carbocycles. The quantitative estimate of drug-likeness (QED) is 0.166. The van der Waals surface area contributed by atoms with E-state index in [2.05, 4.69) is 15.2 Å². The maximum Gasteiger partial charge on any atom is 0.347 e. The van der Waals surface area contributed by atoms with Crippen LogP contribution in [0.5, 0.6) is 11.5 Å². The fourth-order valence-electron chi connectivity index (χ4n) is 3.98. The van der Waals surface area contributed by atoms with Gasteiger partial charge in [0.2, 0.25) is 0 Å². The molecule has 258 valence electrons. The van der Waals surface area contributed by atoms with Crippen molar-refractivity contribution >= 4 is 41.6 Å². The first-order valence-corrected chi connectivity index (χ1v) is 16.4. The Labute approximate surface area is 289 Å². The molecular formula is C35H53FIN3O6. The highest BCUT2D eigenvalue weighted by Crippen LogP contribution is 2.39. The van der Waals surface area contributed by atoms with E-state index in [9.17, 15) is 14.3 Å². The Morgan fingerprint density at radius 1 is 1.07 bits per heavy atom. The standard InChI is InChI=1S/C28H33FIN3O5.3C2H6.CH2O/c1-5-37-24-15-19(14-23(34)26(24)20-6-8-22(29)9-7-20)17-33(3)13-11-28(2,36-4)18-32-25-16-21(10-12-31-25)27(35)38-30;4*1-2/h6-10,12,14-16,34H,5,11,13,17-18H2,1-4H3,(H,31,32);3*1-2H3;1H2. The highest BCUT2D eigenvalue weighted by atomic mass is 127. The molecule has 0 fully saturated rings. The fourth-order valence-corrected chi connectivity index (χ4v) is 4.23. The molecule has 0 spiro atoms. The average molecular weight is 758 g/mol. The fraction of sp³-hybridized carbons (Fsp3) is 0.457. The van der Waals surface area contributed by atoms with Crippen LogP contribution in [-0.2, 0) is 19.1 Å². The van der Waals surface area contributed by atoms with Crippen LogP contribution in [0.25, 0.3) is 11.1 Å². The van der Waals surface area contributed by atoms with E-state index in [1.54, 1.807) is 66.6 Å². The number of methoxy groups -OCH3 is 1. The second kappa shape index (κ2) is 25.9. The molecule has 2 N–H and O–H groups in total. The minimum Gasteiger partial charge on any atom is -0.507 e. The maximum absolute atomic E-state index is 13.4. The van der Waals surface area contributed by atoms with Crippen LogP contribution < -0.4 is 10.1 Å². The summed E-state index contributed by atoms with van der Waals surface area (Å²) in [6, 6.07) is 12.8. The lowest BCUT2D eigenvalue weighted by Gasteiger charge is -2.31. The summed E-state index contributed by atoms with van der Waals surface area (Å²) in [5.74, 6) is 0.415. The zero-order chi connectivity index (χ0) is 35.7. The number of carbonyl (C=O) groups excluding carboxylic acids is 2. The SMILES string of the molecule is C=O.CC.CC.CC.CCOc1cc(CN(C)CCC(C)(CNc2cc(C(=O)OI)ccn2)OC)cc(O)c1-c1ccc(F)cc1. The Morgan fingerprint density at radius 3 is 2.22 bits per heavy atom. The molecule has 0 aliphatic carbocycles. The number of aromatic hydroxyl groups is 1. The predicted molar refractivity (Wildman–Crippen MR) is 194 cm³/mol. The third kappa shape index (κ3) is 15.3. The molecule has 1 unspecified atom stereocenters. The van der Waals surface area contributed by atoms with E-state index in [4.69, 9.17) is 17.3 Å². The molecule has 46 heavy (non-hydrogen) atoms. The molecule has 0 saturated heterocycles. The second-order valence-electron chi connectivity index (χ2n) is 9.22. The number of aromatic nitrogens is 1. The maximum atomic E-state index is 13.4. The van der Waals surface area contributed by atoms with Crippen LogP contribution >= 0.6 is 23.0 Å². The molecule has 11 heteroatoms. The molecule has 1 atom stereocenters. The number of pyridine rings is 1. The first kappa shape index (κ1) is 44.8. The van der Waals surface area contributed by atoms with Crippen molar-refractivity contribution in [3.05, 3.63) is 71.7 Å². The molecule has 0 aliphatic heterocycles. The first-order chi connectivity index (χ1) is 22.2. The van der Waals surface area contributed by atoms with E-state index in [0.717, 1.165) is 5.56 Å². The minimum atomic E-state index is -0.499. The van der Waals surface area contributed by atoms with E-state index < -0.39 is 11.6 Å². The summed E-state index contributed by atoms with van der Waals surface area (Å²) in [6.45, 7) is 20.1. The lowest BCUT2D eigenvalue weighted by Crippen LogP contribution is -2.39. The Bertz CT molecular complexity index is 1250. The number of hydrogen-bond acceptors (Lipinski definition) is 9. The number of anilines is 1. The number of benzene rings is 2. The third-order valence-electron chi connectivity index (χ3n) is 6.25. The van der Waals surface area contributed by atoms with Crippen molar-refractivity contribution in [1.82, 2.24) is 9.88 Å². The van der Waals surface area contributed by atoms with E-state index >= 15 is 0 Å². The summed E-state index contributed by atoms with van der Waals surface area (Å²) in [4.78, 5) is 26.2. The number of phenols is 1. The van der Waals surface area contributed by atoms with Gasteiger partial charge >= 0.3 is 5.97 Å². The summed E-state index contributed by atoms with van der Waals surface area (Å²) in [5, 5.41) is 14.1. The van der Waals surface area contributed by atoms with Gasteiger partial charge in [-0.05, 0) is 74.8 Å². The average Bonchev–Trinajstić information content (AvgIpc) is 3.10. The van der Waals surface area contributed by atoms with E-state index in [1.807, 2.05) is 75.3 Å². The number of halogens is 2. The van der Waals surface area contributed by atoms with Crippen LogP contribution in [0, 0.1) is 5.82 Å². The molecule has 2 aromatic carbocycles. The van der Waals surface area contributed by atoms with Gasteiger partial charge in [-0.3, -0.25) is 0 Å². The van der Waals surface area contributed by atoms with E-state index in [1.165, 1.54) is 12.1 Å². The van der Waals surface area contributed by atoms with Crippen LogP contribution in [0.2, 0.25) is 0 Å². The van der Waals surface area contributed by atoms with Gasteiger partial charge < -0.3 is 32.7 Å².